The van der Waals surface area contributed by atoms with Gasteiger partial charge in [-0.25, -0.2) is 14.4 Å². The molecule has 2 unspecified atom stereocenters. The van der Waals surface area contributed by atoms with Gasteiger partial charge in [0.05, 0.1) is 19.0 Å². The minimum absolute atomic E-state index is 0.359. The molecule has 2 aromatic rings. The molecule has 0 radical (unpaired) electrons. The van der Waals surface area contributed by atoms with Gasteiger partial charge in [-0.1, -0.05) is 109 Å². The third-order valence-electron chi connectivity index (χ3n) is 7.03. The lowest BCUT2D eigenvalue weighted by molar-refractivity contribution is 0.216. The van der Waals surface area contributed by atoms with E-state index in [1.807, 2.05) is 0 Å². The number of alkyl halides is 1. The van der Waals surface area contributed by atoms with E-state index in [1.165, 1.54) is 69.8 Å². The molecular weight excluding hydrogens is 435 g/mol. The Hall–Kier alpha value is -1.97. The molecule has 35 heavy (non-hydrogen) atoms. The van der Waals surface area contributed by atoms with E-state index in [-0.39, 0.29) is 0 Å². The van der Waals surface area contributed by atoms with Gasteiger partial charge in [0.25, 0.3) is 0 Å². The van der Waals surface area contributed by atoms with Crippen LogP contribution < -0.4 is 4.74 Å². The lowest BCUT2D eigenvalue weighted by atomic mass is 10.0. The van der Waals surface area contributed by atoms with E-state index in [0.29, 0.717) is 36.9 Å². The van der Waals surface area contributed by atoms with Crippen molar-refractivity contribution in [2.75, 3.05) is 6.61 Å². The fraction of sp³-hybridized carbons (Fsp3) is 0.677. The fourth-order valence-corrected chi connectivity index (χ4v) is 4.30. The van der Waals surface area contributed by atoms with Crippen molar-refractivity contribution in [2.24, 2.45) is 5.92 Å². The van der Waals surface area contributed by atoms with Gasteiger partial charge in [0.2, 0.25) is 0 Å². The molecule has 2 rings (SSSR count). The van der Waals surface area contributed by atoms with Crippen LogP contribution in [0.4, 0.5) is 4.39 Å². The maximum atomic E-state index is 14.0. The molecule has 2 atom stereocenters. The molecule has 4 heteroatoms. The topological polar surface area (TPSA) is 35.0 Å². The summed E-state index contributed by atoms with van der Waals surface area (Å²) in [5.74, 6) is 1.88. The molecular formula is C31H49FN2O. The molecule has 0 aliphatic carbocycles. The van der Waals surface area contributed by atoms with Crippen molar-refractivity contribution in [3.05, 3.63) is 42.2 Å². The summed E-state index contributed by atoms with van der Waals surface area (Å²) in [6.45, 7) is 6.96. The summed E-state index contributed by atoms with van der Waals surface area (Å²) in [7, 11) is 0. The van der Waals surface area contributed by atoms with Crippen molar-refractivity contribution in [1.29, 1.82) is 0 Å². The SMILES string of the molecule is CCCCCCCCCCCCc1ccc(-c2ncc(OCCC(F)CCC(C)CC)cn2)cc1. The highest BCUT2D eigenvalue weighted by Crippen LogP contribution is 2.20. The van der Waals surface area contributed by atoms with Crippen molar-refractivity contribution in [2.45, 2.75) is 123 Å². The second-order valence-electron chi connectivity index (χ2n) is 10.2. The quantitative estimate of drug-likeness (QED) is 0.175. The van der Waals surface area contributed by atoms with E-state index >= 15 is 0 Å². The summed E-state index contributed by atoms with van der Waals surface area (Å²) in [4.78, 5) is 8.89. The number of ether oxygens (including phenoxy) is 1. The van der Waals surface area contributed by atoms with Gasteiger partial charge in [0, 0.05) is 12.0 Å². The molecule has 0 aliphatic rings. The van der Waals surface area contributed by atoms with Crippen LogP contribution in [-0.2, 0) is 6.42 Å². The molecule has 196 valence electrons. The monoisotopic (exact) mass is 484 g/mol. The molecule has 0 amide bonds. The Bertz CT molecular complexity index is 763. The molecule has 3 nitrogen and oxygen atoms in total. The highest BCUT2D eigenvalue weighted by atomic mass is 19.1. The van der Waals surface area contributed by atoms with Crippen LogP contribution in [0.5, 0.6) is 5.75 Å². The van der Waals surface area contributed by atoms with Gasteiger partial charge in [0.15, 0.2) is 11.6 Å². The third-order valence-corrected chi connectivity index (χ3v) is 7.03. The number of benzene rings is 1. The van der Waals surface area contributed by atoms with Crippen LogP contribution in [0.3, 0.4) is 0 Å². The zero-order chi connectivity index (χ0) is 25.1. The van der Waals surface area contributed by atoms with Crippen LogP contribution >= 0.6 is 0 Å². The van der Waals surface area contributed by atoms with Crippen LogP contribution in [0.1, 0.15) is 116 Å². The lowest BCUT2D eigenvalue weighted by Crippen LogP contribution is -2.09. The average Bonchev–Trinajstić information content (AvgIpc) is 2.89. The number of aryl methyl sites for hydroxylation is 1. The minimum atomic E-state index is -0.803. The van der Waals surface area contributed by atoms with Crippen LogP contribution in [0, 0.1) is 5.92 Å². The Labute approximate surface area is 214 Å². The Morgan fingerprint density at radius 2 is 1.37 bits per heavy atom. The maximum absolute atomic E-state index is 14.0. The molecule has 0 saturated carbocycles. The first-order valence-corrected chi connectivity index (χ1v) is 14.3. The molecule has 0 bridgehead atoms. The summed E-state index contributed by atoms with van der Waals surface area (Å²) in [6, 6.07) is 8.59. The van der Waals surface area contributed by atoms with E-state index in [2.05, 4.69) is 55.0 Å². The summed E-state index contributed by atoms with van der Waals surface area (Å²) in [5.41, 5.74) is 2.39. The standard InChI is InChI=1S/C31H49FN2O/c1-4-6-7-8-9-10-11-12-13-14-15-27-17-19-28(20-18-27)31-33-24-30(25-34-31)35-23-22-29(32)21-16-26(3)5-2/h17-20,24-26,29H,4-16,21-23H2,1-3H3. The van der Waals surface area contributed by atoms with Gasteiger partial charge in [0.1, 0.15) is 6.17 Å². The Morgan fingerprint density at radius 1 is 0.771 bits per heavy atom. The normalized spacial score (nSPS) is 13.0. The molecule has 1 aromatic heterocycles. The molecule has 0 saturated heterocycles. The predicted molar refractivity (Wildman–Crippen MR) is 147 cm³/mol. The first-order chi connectivity index (χ1) is 17.1. The Morgan fingerprint density at radius 3 is 1.97 bits per heavy atom. The minimum Gasteiger partial charge on any atom is -0.490 e. The van der Waals surface area contributed by atoms with Crippen molar-refractivity contribution < 1.29 is 9.13 Å². The van der Waals surface area contributed by atoms with Crippen molar-refractivity contribution in [3.8, 4) is 17.1 Å². The smallest absolute Gasteiger partial charge is 0.159 e. The number of aromatic nitrogens is 2. The second-order valence-corrected chi connectivity index (χ2v) is 10.2. The van der Waals surface area contributed by atoms with Crippen molar-refractivity contribution in [1.82, 2.24) is 9.97 Å². The van der Waals surface area contributed by atoms with Gasteiger partial charge in [-0.05, 0) is 37.2 Å². The average molecular weight is 485 g/mol. The number of hydrogen-bond acceptors (Lipinski definition) is 3. The highest BCUT2D eigenvalue weighted by molar-refractivity contribution is 5.55. The first kappa shape index (κ1) is 29.3. The molecule has 0 N–H and O–H groups in total. The highest BCUT2D eigenvalue weighted by Gasteiger charge is 2.10. The third kappa shape index (κ3) is 13.1. The second kappa shape index (κ2) is 18.3. The number of hydrogen-bond donors (Lipinski definition) is 0. The molecule has 1 aromatic carbocycles. The summed E-state index contributed by atoms with van der Waals surface area (Å²) in [5, 5.41) is 0. The summed E-state index contributed by atoms with van der Waals surface area (Å²) >= 11 is 0. The molecule has 1 heterocycles. The van der Waals surface area contributed by atoms with Gasteiger partial charge in [-0.3, -0.25) is 0 Å². The predicted octanol–water partition coefficient (Wildman–Crippen LogP) is 9.54. The van der Waals surface area contributed by atoms with E-state index < -0.39 is 6.17 Å². The van der Waals surface area contributed by atoms with Gasteiger partial charge >= 0.3 is 0 Å². The van der Waals surface area contributed by atoms with Crippen LogP contribution in [0.15, 0.2) is 36.7 Å². The van der Waals surface area contributed by atoms with E-state index in [1.54, 1.807) is 12.4 Å². The number of rotatable bonds is 20. The largest absolute Gasteiger partial charge is 0.490 e. The summed E-state index contributed by atoms with van der Waals surface area (Å²) < 4.78 is 19.7. The number of halogens is 1. The van der Waals surface area contributed by atoms with E-state index in [0.717, 1.165) is 24.8 Å². The maximum Gasteiger partial charge on any atom is 0.159 e. The summed E-state index contributed by atoms with van der Waals surface area (Å²) in [6.07, 6.45) is 20.5. The number of unbranched alkanes of at least 4 members (excludes halogenated alkanes) is 9. The van der Waals surface area contributed by atoms with Crippen LogP contribution in [-0.4, -0.2) is 22.7 Å². The van der Waals surface area contributed by atoms with Gasteiger partial charge in [-0.15, -0.1) is 0 Å². The van der Waals surface area contributed by atoms with E-state index in [9.17, 15) is 4.39 Å². The van der Waals surface area contributed by atoms with Crippen molar-refractivity contribution >= 4 is 0 Å². The van der Waals surface area contributed by atoms with Crippen molar-refractivity contribution in [3.63, 3.8) is 0 Å². The van der Waals surface area contributed by atoms with Crippen LogP contribution in [0.2, 0.25) is 0 Å². The Kier molecular flexibility index (Phi) is 15.3. The first-order valence-electron chi connectivity index (χ1n) is 14.3. The van der Waals surface area contributed by atoms with Gasteiger partial charge < -0.3 is 4.74 Å². The molecule has 0 aliphatic heterocycles. The lowest BCUT2D eigenvalue weighted by Gasteiger charge is -2.12. The van der Waals surface area contributed by atoms with Gasteiger partial charge in [-0.2, -0.15) is 0 Å². The van der Waals surface area contributed by atoms with Crippen LogP contribution in [0.25, 0.3) is 11.4 Å². The van der Waals surface area contributed by atoms with E-state index in [4.69, 9.17) is 4.74 Å². The zero-order valence-electron chi connectivity index (χ0n) is 22.6. The molecule has 0 spiro atoms. The fourth-order valence-electron chi connectivity index (χ4n) is 4.30. The molecule has 0 fully saturated rings. The number of nitrogens with zero attached hydrogens (tertiary/aromatic N) is 2. The zero-order valence-corrected chi connectivity index (χ0v) is 22.6. The Balaban J connectivity index is 1.61.